The Morgan fingerprint density at radius 1 is 1.29 bits per heavy atom. The van der Waals surface area contributed by atoms with Crippen LogP contribution in [0.2, 0.25) is 0 Å². The number of thiazole rings is 1. The lowest BCUT2D eigenvalue weighted by molar-refractivity contribution is -0.384. The smallest absolute Gasteiger partial charge is 0.270 e. The molecule has 35 heavy (non-hydrogen) atoms. The molecule has 3 aromatic heterocycles. The highest BCUT2D eigenvalue weighted by Crippen LogP contribution is 2.32. The molecule has 0 aliphatic heterocycles. The first-order chi connectivity index (χ1) is 17.0. The van der Waals surface area contributed by atoms with E-state index in [1.165, 1.54) is 35.2 Å². The van der Waals surface area contributed by atoms with Gasteiger partial charge in [0.2, 0.25) is 11.1 Å². The molecule has 1 atom stereocenters. The van der Waals surface area contributed by atoms with Crippen molar-refractivity contribution in [2.75, 3.05) is 5.32 Å². The highest BCUT2D eigenvalue weighted by molar-refractivity contribution is 8.00. The van der Waals surface area contributed by atoms with Crippen molar-refractivity contribution < 1.29 is 9.72 Å². The molecule has 2 aromatic carbocycles. The minimum Gasteiger partial charge on any atom is -0.320 e. The SMILES string of the molecule is C=CCn1c2ccccc2c2nnc(S[C@H](CC)C(=O)Nc3nc4ccc([N+](=O)[O-])cc4s3)nc21. The Kier molecular flexibility index (Phi) is 6.14. The van der Waals surface area contributed by atoms with Gasteiger partial charge in [-0.25, -0.2) is 9.97 Å². The Morgan fingerprint density at radius 3 is 2.89 bits per heavy atom. The maximum absolute atomic E-state index is 13.0. The van der Waals surface area contributed by atoms with Crippen LogP contribution in [0.1, 0.15) is 13.3 Å². The quantitative estimate of drug-likeness (QED) is 0.132. The number of thioether (sulfide) groups is 1. The number of nitrogens with zero attached hydrogens (tertiary/aromatic N) is 6. The number of allylic oxidation sites excluding steroid dienone is 1. The van der Waals surface area contributed by atoms with E-state index in [1.54, 1.807) is 12.1 Å². The minimum atomic E-state index is -0.479. The van der Waals surface area contributed by atoms with Gasteiger partial charge in [-0.3, -0.25) is 14.9 Å². The number of fused-ring (bicyclic) bond motifs is 4. The third-order valence-electron chi connectivity index (χ3n) is 5.39. The molecule has 0 aliphatic carbocycles. The monoisotopic (exact) mass is 505 g/mol. The number of nitrogens with one attached hydrogen (secondary N) is 1. The van der Waals surface area contributed by atoms with Crippen LogP contribution >= 0.6 is 23.1 Å². The van der Waals surface area contributed by atoms with Crippen molar-refractivity contribution >= 4 is 72.1 Å². The number of carbonyl (C=O) groups is 1. The van der Waals surface area contributed by atoms with Crippen molar-refractivity contribution in [3.05, 3.63) is 65.2 Å². The number of aromatic nitrogens is 5. The van der Waals surface area contributed by atoms with Gasteiger partial charge in [-0.1, -0.05) is 54.3 Å². The highest BCUT2D eigenvalue weighted by atomic mass is 32.2. The summed E-state index contributed by atoms with van der Waals surface area (Å²) in [5.74, 6) is -0.249. The van der Waals surface area contributed by atoms with Gasteiger partial charge in [0, 0.05) is 24.1 Å². The Balaban J connectivity index is 1.40. The molecule has 0 unspecified atom stereocenters. The first-order valence-corrected chi connectivity index (χ1v) is 12.4. The second kappa shape index (κ2) is 9.39. The summed E-state index contributed by atoms with van der Waals surface area (Å²) in [6, 6.07) is 12.3. The van der Waals surface area contributed by atoms with Crippen LogP contribution in [0.15, 0.2) is 60.3 Å². The van der Waals surface area contributed by atoms with E-state index in [0.29, 0.717) is 44.6 Å². The Bertz CT molecular complexity index is 1610. The van der Waals surface area contributed by atoms with Gasteiger partial charge in [0.15, 0.2) is 10.8 Å². The lowest BCUT2D eigenvalue weighted by Gasteiger charge is -2.12. The van der Waals surface area contributed by atoms with E-state index in [4.69, 9.17) is 4.98 Å². The molecule has 176 valence electrons. The lowest BCUT2D eigenvalue weighted by Crippen LogP contribution is -2.24. The van der Waals surface area contributed by atoms with Gasteiger partial charge < -0.3 is 9.88 Å². The summed E-state index contributed by atoms with van der Waals surface area (Å²) in [6.45, 7) is 6.32. The summed E-state index contributed by atoms with van der Waals surface area (Å²) in [5, 5.41) is 23.8. The second-order valence-corrected chi connectivity index (χ2v) is 9.82. The molecule has 12 heteroatoms. The number of para-hydroxylation sites is 1. The van der Waals surface area contributed by atoms with Crippen molar-refractivity contribution in [1.29, 1.82) is 0 Å². The molecule has 3 heterocycles. The molecule has 0 spiro atoms. The number of hydrogen-bond donors (Lipinski definition) is 1. The normalized spacial score (nSPS) is 12.3. The molecule has 1 amide bonds. The molecule has 0 bridgehead atoms. The van der Waals surface area contributed by atoms with E-state index in [9.17, 15) is 14.9 Å². The molecule has 10 nitrogen and oxygen atoms in total. The van der Waals surface area contributed by atoms with Gasteiger partial charge in [-0.15, -0.1) is 16.8 Å². The molecule has 0 saturated heterocycles. The van der Waals surface area contributed by atoms with E-state index >= 15 is 0 Å². The molecule has 1 N–H and O–H groups in total. The van der Waals surface area contributed by atoms with Crippen molar-refractivity contribution in [3.8, 4) is 0 Å². The average molecular weight is 506 g/mol. The molecule has 0 saturated carbocycles. The van der Waals surface area contributed by atoms with Gasteiger partial charge in [-0.2, -0.15) is 0 Å². The van der Waals surface area contributed by atoms with Crippen molar-refractivity contribution in [2.24, 2.45) is 0 Å². The molecule has 0 radical (unpaired) electrons. The number of carbonyl (C=O) groups excluding carboxylic acids is 1. The number of anilines is 1. The van der Waals surface area contributed by atoms with Crippen LogP contribution in [0.25, 0.3) is 32.3 Å². The number of non-ortho nitro benzene ring substituents is 1. The van der Waals surface area contributed by atoms with Gasteiger partial charge in [0.25, 0.3) is 5.69 Å². The molecule has 0 fully saturated rings. The van der Waals surface area contributed by atoms with Crippen LogP contribution in [0.3, 0.4) is 0 Å². The number of amides is 1. The van der Waals surface area contributed by atoms with Crippen LogP contribution in [-0.2, 0) is 11.3 Å². The Morgan fingerprint density at radius 2 is 2.11 bits per heavy atom. The molecule has 0 aliphatic rings. The lowest BCUT2D eigenvalue weighted by atomic mass is 10.2. The summed E-state index contributed by atoms with van der Waals surface area (Å²) in [4.78, 5) is 32.7. The number of nitro groups is 1. The van der Waals surface area contributed by atoms with Crippen LogP contribution in [-0.4, -0.2) is 40.8 Å². The summed E-state index contributed by atoms with van der Waals surface area (Å²) >= 11 is 2.42. The molecule has 5 rings (SSSR count). The highest BCUT2D eigenvalue weighted by Gasteiger charge is 2.23. The number of nitro benzene ring substituents is 1. The maximum atomic E-state index is 13.0. The first-order valence-electron chi connectivity index (χ1n) is 10.7. The van der Waals surface area contributed by atoms with E-state index in [2.05, 4.69) is 27.1 Å². The molecular weight excluding hydrogens is 486 g/mol. The number of benzene rings is 2. The van der Waals surface area contributed by atoms with Crippen LogP contribution in [0, 0.1) is 10.1 Å². The van der Waals surface area contributed by atoms with Crippen molar-refractivity contribution in [3.63, 3.8) is 0 Å². The molecule has 5 aromatic rings. The van der Waals surface area contributed by atoms with Gasteiger partial charge in [0.1, 0.15) is 5.52 Å². The second-order valence-electron chi connectivity index (χ2n) is 7.62. The third kappa shape index (κ3) is 4.33. The Hall–Kier alpha value is -3.90. The van der Waals surface area contributed by atoms with Crippen molar-refractivity contribution in [1.82, 2.24) is 24.7 Å². The minimum absolute atomic E-state index is 0.0186. The number of rotatable bonds is 8. The standard InChI is InChI=1S/C23H19N7O3S2/c1-3-11-29-16-8-6-5-7-14(16)19-20(29)25-23(28-27-19)34-17(4-2)21(31)26-22-24-15-10-9-13(30(32)33)12-18(15)35-22/h3,5-10,12,17H,1,4,11H2,2H3,(H,24,26,31)/t17-/m1/s1. The maximum Gasteiger partial charge on any atom is 0.270 e. The van der Waals surface area contributed by atoms with Crippen LogP contribution in [0.5, 0.6) is 0 Å². The zero-order chi connectivity index (χ0) is 24.5. The summed E-state index contributed by atoms with van der Waals surface area (Å²) in [7, 11) is 0. The predicted octanol–water partition coefficient (Wildman–Crippen LogP) is 5.19. The topological polar surface area (TPSA) is 129 Å². The van der Waals surface area contributed by atoms with Gasteiger partial charge in [0.05, 0.1) is 25.9 Å². The van der Waals surface area contributed by atoms with Gasteiger partial charge in [-0.05, 0) is 18.6 Å². The fraction of sp³-hybridized carbons (Fsp3) is 0.174. The van der Waals surface area contributed by atoms with E-state index in [0.717, 1.165) is 10.9 Å². The van der Waals surface area contributed by atoms with E-state index in [-0.39, 0.29) is 11.6 Å². The fourth-order valence-corrected chi connectivity index (χ4v) is 5.48. The summed E-state index contributed by atoms with van der Waals surface area (Å²) in [5.41, 5.74) is 2.95. The molecular formula is C23H19N7O3S2. The first kappa shape index (κ1) is 22.9. The third-order valence-corrected chi connectivity index (χ3v) is 7.54. The van der Waals surface area contributed by atoms with E-state index in [1.807, 2.05) is 35.8 Å². The van der Waals surface area contributed by atoms with Gasteiger partial charge >= 0.3 is 0 Å². The largest absolute Gasteiger partial charge is 0.320 e. The summed E-state index contributed by atoms with van der Waals surface area (Å²) < 4.78 is 2.65. The van der Waals surface area contributed by atoms with Crippen LogP contribution in [0.4, 0.5) is 10.8 Å². The zero-order valence-corrected chi connectivity index (χ0v) is 20.2. The zero-order valence-electron chi connectivity index (χ0n) is 18.5. The van der Waals surface area contributed by atoms with E-state index < -0.39 is 10.2 Å². The summed E-state index contributed by atoms with van der Waals surface area (Å²) in [6.07, 6.45) is 2.33. The Labute approximate surface area is 207 Å². The van der Waals surface area contributed by atoms with Crippen LogP contribution < -0.4 is 5.32 Å². The average Bonchev–Trinajstić information content (AvgIpc) is 3.40. The fourth-order valence-electron chi connectivity index (χ4n) is 3.77. The number of hydrogen-bond acceptors (Lipinski definition) is 9. The predicted molar refractivity (Wildman–Crippen MR) is 138 cm³/mol. The van der Waals surface area contributed by atoms with Crippen molar-refractivity contribution in [2.45, 2.75) is 30.3 Å².